The lowest BCUT2D eigenvalue weighted by molar-refractivity contribution is 0.0699. The molecule has 0 spiro atoms. The van der Waals surface area contributed by atoms with E-state index in [2.05, 4.69) is 4.98 Å². The standard InChI is InChI=1S/C13H9NO4/c1-7-5-6-10(17-7)12-14-11-8(13(15)16)3-2-4-9(11)18-12/h2-6H,1H3,(H,15,16). The fraction of sp³-hybridized carbons (Fsp3) is 0.0769. The van der Waals surface area contributed by atoms with Crippen LogP contribution in [0.5, 0.6) is 0 Å². The largest absolute Gasteiger partial charge is 0.478 e. The number of aryl methyl sites for hydroxylation is 1. The van der Waals surface area contributed by atoms with Gasteiger partial charge in [0.15, 0.2) is 11.3 Å². The molecule has 1 aromatic carbocycles. The first kappa shape index (κ1) is 10.6. The fourth-order valence-corrected chi connectivity index (χ4v) is 1.78. The number of para-hydroxylation sites is 1. The Bertz CT molecular complexity index is 738. The van der Waals surface area contributed by atoms with Crippen molar-refractivity contribution in [2.75, 3.05) is 0 Å². The predicted molar refractivity (Wildman–Crippen MR) is 63.4 cm³/mol. The molecule has 0 amide bonds. The topological polar surface area (TPSA) is 76.5 Å². The Kier molecular flexibility index (Phi) is 2.19. The van der Waals surface area contributed by atoms with E-state index in [0.717, 1.165) is 5.76 Å². The molecule has 0 aliphatic rings. The summed E-state index contributed by atoms with van der Waals surface area (Å²) in [5.41, 5.74) is 0.874. The summed E-state index contributed by atoms with van der Waals surface area (Å²) in [6.45, 7) is 1.81. The summed E-state index contributed by atoms with van der Waals surface area (Å²) in [6.07, 6.45) is 0. The number of oxazole rings is 1. The van der Waals surface area contributed by atoms with Gasteiger partial charge in [0.2, 0.25) is 0 Å². The average molecular weight is 243 g/mol. The second kappa shape index (κ2) is 3.73. The number of carboxylic acids is 1. The normalized spacial score (nSPS) is 10.9. The molecule has 2 heterocycles. The van der Waals surface area contributed by atoms with Gasteiger partial charge in [-0.1, -0.05) is 6.07 Å². The lowest BCUT2D eigenvalue weighted by atomic mass is 10.2. The summed E-state index contributed by atoms with van der Waals surface area (Å²) in [7, 11) is 0. The molecular formula is C13H9NO4. The van der Waals surface area contributed by atoms with Gasteiger partial charge in [-0.2, -0.15) is 0 Å². The van der Waals surface area contributed by atoms with E-state index in [1.165, 1.54) is 6.07 Å². The maximum Gasteiger partial charge on any atom is 0.338 e. The Hall–Kier alpha value is -2.56. The second-order valence-electron chi connectivity index (χ2n) is 3.89. The van der Waals surface area contributed by atoms with E-state index in [1.807, 2.05) is 6.92 Å². The molecule has 2 aromatic heterocycles. The maximum atomic E-state index is 11.1. The van der Waals surface area contributed by atoms with Crippen molar-refractivity contribution in [1.29, 1.82) is 0 Å². The van der Waals surface area contributed by atoms with Crippen LogP contribution in [0.4, 0.5) is 0 Å². The van der Waals surface area contributed by atoms with Gasteiger partial charge in [0, 0.05) is 0 Å². The summed E-state index contributed by atoms with van der Waals surface area (Å²) < 4.78 is 10.9. The lowest BCUT2D eigenvalue weighted by Crippen LogP contribution is -1.96. The summed E-state index contributed by atoms with van der Waals surface area (Å²) in [5, 5.41) is 9.06. The molecular weight excluding hydrogens is 234 g/mol. The molecule has 18 heavy (non-hydrogen) atoms. The first-order valence-corrected chi connectivity index (χ1v) is 5.35. The lowest BCUT2D eigenvalue weighted by Gasteiger charge is -1.92. The summed E-state index contributed by atoms with van der Waals surface area (Å²) >= 11 is 0. The Labute approximate surface area is 102 Å². The van der Waals surface area contributed by atoms with Gasteiger partial charge in [-0.05, 0) is 31.2 Å². The Morgan fingerprint density at radius 1 is 1.22 bits per heavy atom. The van der Waals surface area contributed by atoms with Crippen LogP contribution in [0.25, 0.3) is 22.8 Å². The molecule has 0 radical (unpaired) electrons. The van der Waals surface area contributed by atoms with E-state index in [-0.39, 0.29) is 11.5 Å². The van der Waals surface area contributed by atoms with Crippen LogP contribution in [0, 0.1) is 6.92 Å². The third-order valence-corrected chi connectivity index (χ3v) is 2.60. The highest BCUT2D eigenvalue weighted by atomic mass is 16.4. The number of hydrogen-bond donors (Lipinski definition) is 1. The highest BCUT2D eigenvalue weighted by Gasteiger charge is 2.16. The summed E-state index contributed by atoms with van der Waals surface area (Å²) in [4.78, 5) is 15.2. The Morgan fingerprint density at radius 3 is 2.72 bits per heavy atom. The van der Waals surface area contributed by atoms with Crippen LogP contribution in [0.2, 0.25) is 0 Å². The smallest absolute Gasteiger partial charge is 0.338 e. The number of aromatic nitrogens is 1. The van der Waals surface area contributed by atoms with Crippen LogP contribution >= 0.6 is 0 Å². The molecule has 0 aliphatic carbocycles. The summed E-state index contributed by atoms with van der Waals surface area (Å²) in [6, 6.07) is 8.31. The minimum Gasteiger partial charge on any atom is -0.478 e. The average Bonchev–Trinajstić information content (AvgIpc) is 2.93. The molecule has 0 saturated heterocycles. The molecule has 1 N–H and O–H groups in total. The first-order valence-electron chi connectivity index (χ1n) is 5.35. The Balaban J connectivity index is 2.22. The van der Waals surface area contributed by atoms with Crippen LogP contribution in [0.1, 0.15) is 16.1 Å². The highest BCUT2D eigenvalue weighted by molar-refractivity contribution is 6.00. The Morgan fingerprint density at radius 2 is 2.06 bits per heavy atom. The number of furan rings is 1. The van der Waals surface area contributed by atoms with E-state index >= 15 is 0 Å². The SMILES string of the molecule is Cc1ccc(-c2nc3c(C(=O)O)cccc3o2)o1. The number of hydrogen-bond acceptors (Lipinski definition) is 4. The van der Waals surface area contributed by atoms with E-state index in [0.29, 0.717) is 16.9 Å². The molecule has 0 bridgehead atoms. The van der Waals surface area contributed by atoms with Gasteiger partial charge in [-0.3, -0.25) is 0 Å². The number of nitrogens with zero attached hydrogens (tertiary/aromatic N) is 1. The number of carbonyl (C=O) groups is 1. The summed E-state index contributed by atoms with van der Waals surface area (Å²) in [5.74, 6) is 0.480. The molecule has 3 rings (SSSR count). The minimum absolute atomic E-state index is 0.116. The van der Waals surface area contributed by atoms with Crippen LogP contribution in [0.3, 0.4) is 0 Å². The van der Waals surface area contributed by atoms with Gasteiger partial charge < -0.3 is 13.9 Å². The molecule has 5 nitrogen and oxygen atoms in total. The van der Waals surface area contributed by atoms with Gasteiger partial charge in [0.1, 0.15) is 11.3 Å². The minimum atomic E-state index is -1.03. The van der Waals surface area contributed by atoms with Gasteiger partial charge in [0.05, 0.1) is 5.56 Å². The molecule has 90 valence electrons. The van der Waals surface area contributed by atoms with E-state index in [1.54, 1.807) is 24.3 Å². The van der Waals surface area contributed by atoms with Crippen molar-refractivity contribution in [3.63, 3.8) is 0 Å². The highest BCUT2D eigenvalue weighted by Crippen LogP contribution is 2.27. The zero-order valence-electron chi connectivity index (χ0n) is 9.51. The predicted octanol–water partition coefficient (Wildman–Crippen LogP) is 3.09. The number of benzene rings is 1. The van der Waals surface area contributed by atoms with Crippen molar-refractivity contribution in [2.45, 2.75) is 6.92 Å². The first-order chi connectivity index (χ1) is 8.65. The van der Waals surface area contributed by atoms with Crippen LogP contribution in [0.15, 0.2) is 39.2 Å². The number of fused-ring (bicyclic) bond motifs is 1. The molecule has 0 unspecified atom stereocenters. The second-order valence-corrected chi connectivity index (χ2v) is 3.89. The molecule has 0 aliphatic heterocycles. The van der Waals surface area contributed by atoms with Gasteiger partial charge in [-0.15, -0.1) is 0 Å². The van der Waals surface area contributed by atoms with Gasteiger partial charge >= 0.3 is 5.97 Å². The van der Waals surface area contributed by atoms with Crippen LogP contribution in [-0.4, -0.2) is 16.1 Å². The van der Waals surface area contributed by atoms with E-state index in [9.17, 15) is 4.79 Å². The van der Waals surface area contributed by atoms with Crippen molar-refractivity contribution in [1.82, 2.24) is 4.98 Å². The van der Waals surface area contributed by atoms with Crippen LogP contribution < -0.4 is 0 Å². The number of aromatic carboxylic acids is 1. The fourth-order valence-electron chi connectivity index (χ4n) is 1.78. The quantitative estimate of drug-likeness (QED) is 0.748. The molecule has 0 saturated carbocycles. The maximum absolute atomic E-state index is 11.1. The molecule has 3 aromatic rings. The molecule has 5 heteroatoms. The van der Waals surface area contributed by atoms with Gasteiger partial charge in [-0.25, -0.2) is 9.78 Å². The molecule has 0 atom stereocenters. The zero-order valence-corrected chi connectivity index (χ0v) is 9.51. The number of carboxylic acid groups (broad SMARTS) is 1. The van der Waals surface area contributed by atoms with E-state index < -0.39 is 5.97 Å². The molecule has 0 fully saturated rings. The number of rotatable bonds is 2. The third-order valence-electron chi connectivity index (χ3n) is 2.60. The van der Waals surface area contributed by atoms with E-state index in [4.69, 9.17) is 13.9 Å². The zero-order chi connectivity index (χ0) is 12.7. The third kappa shape index (κ3) is 1.57. The van der Waals surface area contributed by atoms with Crippen molar-refractivity contribution in [2.24, 2.45) is 0 Å². The van der Waals surface area contributed by atoms with Crippen molar-refractivity contribution >= 4 is 17.1 Å². The van der Waals surface area contributed by atoms with Crippen LogP contribution in [-0.2, 0) is 0 Å². The van der Waals surface area contributed by atoms with Crippen molar-refractivity contribution < 1.29 is 18.7 Å². The van der Waals surface area contributed by atoms with Crippen molar-refractivity contribution in [3.8, 4) is 11.7 Å². The van der Waals surface area contributed by atoms with Gasteiger partial charge in [0.25, 0.3) is 5.89 Å². The van der Waals surface area contributed by atoms with Crippen molar-refractivity contribution in [3.05, 3.63) is 41.7 Å². The monoisotopic (exact) mass is 243 g/mol.